The van der Waals surface area contributed by atoms with Gasteiger partial charge >= 0.3 is 6.36 Å². The van der Waals surface area contributed by atoms with E-state index in [2.05, 4.69) is 25.5 Å². The van der Waals surface area contributed by atoms with E-state index in [0.717, 1.165) is 44.1 Å². The summed E-state index contributed by atoms with van der Waals surface area (Å²) in [5.41, 5.74) is 0.952. The topological polar surface area (TPSA) is 110 Å². The van der Waals surface area contributed by atoms with Crippen LogP contribution in [0.2, 0.25) is 0 Å². The Kier molecular flexibility index (Phi) is 6.26. The Morgan fingerprint density at radius 1 is 1.21 bits per heavy atom. The molecule has 180 valence electrons. The average Bonchev–Trinajstić information content (AvgIpc) is 3.37. The quantitative estimate of drug-likeness (QED) is 0.534. The molecule has 12 heteroatoms. The highest BCUT2D eigenvalue weighted by Crippen LogP contribution is 2.41. The molecule has 0 aliphatic heterocycles. The number of hydrogen-bond acceptors (Lipinski definition) is 6. The Hall–Kier alpha value is -3.17. The van der Waals surface area contributed by atoms with Crippen molar-refractivity contribution in [3.05, 3.63) is 36.2 Å². The Morgan fingerprint density at radius 3 is 2.41 bits per heavy atom. The molecule has 4 rings (SSSR count). The molecule has 0 radical (unpaired) electrons. The molecule has 0 unspecified atom stereocenters. The van der Waals surface area contributed by atoms with Crippen LogP contribution in [-0.2, 0) is 10.0 Å². The summed E-state index contributed by atoms with van der Waals surface area (Å²) in [4.78, 5) is 8.32. The molecule has 0 saturated heterocycles. The highest BCUT2D eigenvalue weighted by molar-refractivity contribution is 7.89. The van der Waals surface area contributed by atoms with Gasteiger partial charge in [-0.2, -0.15) is 5.26 Å². The summed E-state index contributed by atoms with van der Waals surface area (Å²) in [6, 6.07) is 5.56. The lowest BCUT2D eigenvalue weighted by atomic mass is 10.1. The zero-order chi connectivity index (χ0) is 24.7. The predicted octanol–water partition coefficient (Wildman–Crippen LogP) is 4.67. The predicted molar refractivity (Wildman–Crippen MR) is 117 cm³/mol. The van der Waals surface area contributed by atoms with Gasteiger partial charge in [-0.05, 0) is 38.8 Å². The molecule has 8 nitrogen and oxygen atoms in total. The minimum atomic E-state index is -4.85. The molecular formula is C22H22F3N5O3S. The van der Waals surface area contributed by atoms with Crippen LogP contribution >= 0.6 is 0 Å². The number of halogens is 3. The second-order valence-corrected chi connectivity index (χ2v) is 10.1. The van der Waals surface area contributed by atoms with E-state index in [-0.39, 0.29) is 28.4 Å². The first-order valence-electron chi connectivity index (χ1n) is 10.7. The molecule has 1 N–H and O–H groups in total. The fourth-order valence-electron chi connectivity index (χ4n) is 4.32. The standard InChI is InChI=1S/C22H22F3N5O3S/c1-13(2)29-34(31,32)16-11-27-21(28-12-16)20-18(10-26)17-8-7-15(33-22(23,24)25)9-19(17)30(20)14-5-3-4-6-14/h7-9,11-14,29H,3-6H2,1-2H3. The van der Waals surface area contributed by atoms with Crippen LogP contribution in [0.25, 0.3) is 22.4 Å². The molecular weight excluding hydrogens is 471 g/mol. The molecule has 0 amide bonds. The van der Waals surface area contributed by atoms with Crippen LogP contribution in [0.5, 0.6) is 5.75 Å². The Bertz CT molecular complexity index is 1350. The molecule has 1 fully saturated rings. The van der Waals surface area contributed by atoms with Gasteiger partial charge in [0.1, 0.15) is 22.4 Å². The smallest absolute Gasteiger partial charge is 0.406 e. The van der Waals surface area contributed by atoms with Gasteiger partial charge in [0.2, 0.25) is 10.0 Å². The first-order chi connectivity index (χ1) is 16.0. The number of nitrogens with zero attached hydrogens (tertiary/aromatic N) is 4. The monoisotopic (exact) mass is 493 g/mol. The van der Waals surface area contributed by atoms with Crippen molar-refractivity contribution in [3.8, 4) is 23.3 Å². The first kappa shape index (κ1) is 24.0. The third kappa shape index (κ3) is 4.71. The van der Waals surface area contributed by atoms with Gasteiger partial charge in [0, 0.05) is 23.5 Å². The number of rotatable bonds is 6. The summed E-state index contributed by atoms with van der Waals surface area (Å²) < 4.78 is 71.6. The van der Waals surface area contributed by atoms with Crippen molar-refractivity contribution in [1.29, 1.82) is 5.26 Å². The Balaban J connectivity index is 1.89. The van der Waals surface area contributed by atoms with Crippen molar-refractivity contribution in [2.75, 3.05) is 0 Å². The number of hydrogen-bond donors (Lipinski definition) is 1. The van der Waals surface area contributed by atoms with Gasteiger partial charge in [-0.15, -0.1) is 13.2 Å². The van der Waals surface area contributed by atoms with E-state index in [1.54, 1.807) is 18.4 Å². The van der Waals surface area contributed by atoms with Crippen molar-refractivity contribution in [3.63, 3.8) is 0 Å². The number of sulfonamides is 1. The van der Waals surface area contributed by atoms with E-state index in [9.17, 15) is 26.9 Å². The largest absolute Gasteiger partial charge is 0.573 e. The van der Waals surface area contributed by atoms with E-state index in [0.29, 0.717) is 16.6 Å². The molecule has 1 aliphatic carbocycles. The molecule has 2 heterocycles. The van der Waals surface area contributed by atoms with E-state index >= 15 is 0 Å². The first-order valence-corrected chi connectivity index (χ1v) is 12.2. The Labute approximate surface area is 194 Å². The Morgan fingerprint density at radius 2 is 1.85 bits per heavy atom. The normalized spacial score (nSPS) is 15.2. The van der Waals surface area contributed by atoms with Crippen LogP contribution < -0.4 is 9.46 Å². The SMILES string of the molecule is CC(C)NS(=O)(=O)c1cnc(-c2c(C#N)c3ccc(OC(F)(F)F)cc3n2C2CCCC2)nc1. The number of ether oxygens (including phenoxy) is 1. The molecule has 2 aromatic heterocycles. The van der Waals surface area contributed by atoms with Crippen molar-refractivity contribution in [2.24, 2.45) is 0 Å². The third-order valence-electron chi connectivity index (χ3n) is 5.55. The van der Waals surface area contributed by atoms with Crippen molar-refractivity contribution >= 4 is 20.9 Å². The van der Waals surface area contributed by atoms with E-state index in [1.165, 1.54) is 12.1 Å². The minimum Gasteiger partial charge on any atom is -0.406 e. The van der Waals surface area contributed by atoms with E-state index in [4.69, 9.17) is 0 Å². The fourth-order valence-corrected chi connectivity index (χ4v) is 5.46. The van der Waals surface area contributed by atoms with Crippen molar-refractivity contribution in [1.82, 2.24) is 19.3 Å². The minimum absolute atomic E-state index is 0.0737. The molecule has 3 aromatic rings. The van der Waals surface area contributed by atoms with Crippen LogP contribution in [0.1, 0.15) is 51.1 Å². The van der Waals surface area contributed by atoms with E-state index in [1.807, 2.05) is 0 Å². The lowest BCUT2D eigenvalue weighted by Gasteiger charge is -2.18. The fraction of sp³-hybridized carbons (Fsp3) is 0.409. The molecule has 34 heavy (non-hydrogen) atoms. The summed E-state index contributed by atoms with van der Waals surface area (Å²) >= 11 is 0. The number of aromatic nitrogens is 3. The highest BCUT2D eigenvalue weighted by Gasteiger charge is 2.33. The lowest BCUT2D eigenvalue weighted by Crippen LogP contribution is -2.30. The zero-order valence-electron chi connectivity index (χ0n) is 18.4. The van der Waals surface area contributed by atoms with Crippen LogP contribution in [0.15, 0.2) is 35.5 Å². The number of benzene rings is 1. The number of nitriles is 1. The maximum absolute atomic E-state index is 12.8. The zero-order valence-corrected chi connectivity index (χ0v) is 19.2. The second kappa shape index (κ2) is 8.88. The summed E-state index contributed by atoms with van der Waals surface area (Å²) in [5, 5.41) is 10.4. The highest BCUT2D eigenvalue weighted by atomic mass is 32.2. The lowest BCUT2D eigenvalue weighted by molar-refractivity contribution is -0.274. The van der Waals surface area contributed by atoms with Gasteiger partial charge in [-0.3, -0.25) is 0 Å². The maximum atomic E-state index is 12.8. The van der Waals surface area contributed by atoms with Crippen LogP contribution in [-0.4, -0.2) is 35.4 Å². The average molecular weight is 494 g/mol. The van der Waals surface area contributed by atoms with Crippen molar-refractivity contribution in [2.45, 2.75) is 62.9 Å². The summed E-state index contributed by atoms with van der Waals surface area (Å²) in [7, 11) is -3.82. The summed E-state index contributed by atoms with van der Waals surface area (Å²) in [6.45, 7) is 3.37. The second-order valence-electron chi connectivity index (χ2n) is 8.39. The van der Waals surface area contributed by atoms with Gasteiger partial charge in [0.25, 0.3) is 0 Å². The van der Waals surface area contributed by atoms with Crippen molar-refractivity contribution < 1.29 is 26.3 Å². The van der Waals surface area contributed by atoms with Gasteiger partial charge in [0.05, 0.1) is 23.5 Å². The molecule has 0 atom stereocenters. The maximum Gasteiger partial charge on any atom is 0.573 e. The van der Waals surface area contributed by atoms with Crippen LogP contribution in [0.4, 0.5) is 13.2 Å². The number of alkyl halides is 3. The molecule has 0 bridgehead atoms. The molecule has 0 spiro atoms. The molecule has 1 saturated carbocycles. The van der Waals surface area contributed by atoms with E-state index < -0.39 is 22.1 Å². The van der Waals surface area contributed by atoms with Gasteiger partial charge in [-0.1, -0.05) is 12.8 Å². The summed E-state index contributed by atoms with van der Waals surface area (Å²) in [5.74, 6) is -0.281. The van der Waals surface area contributed by atoms with Gasteiger partial charge < -0.3 is 9.30 Å². The molecule has 1 aliphatic rings. The summed E-state index contributed by atoms with van der Waals surface area (Å²) in [6.07, 6.45) is 0.875. The number of nitrogens with one attached hydrogen (secondary N) is 1. The van der Waals surface area contributed by atoms with Gasteiger partial charge in [-0.25, -0.2) is 23.1 Å². The van der Waals surface area contributed by atoms with Crippen LogP contribution in [0, 0.1) is 11.3 Å². The van der Waals surface area contributed by atoms with Gasteiger partial charge in [0.15, 0.2) is 5.82 Å². The molecule has 1 aromatic carbocycles. The number of fused-ring (bicyclic) bond motifs is 1. The third-order valence-corrected chi connectivity index (χ3v) is 7.17. The van der Waals surface area contributed by atoms with Crippen LogP contribution in [0.3, 0.4) is 0 Å².